The molecule has 2 aromatic rings. The summed E-state index contributed by atoms with van der Waals surface area (Å²) < 4.78 is 0. The number of fused-ring (bicyclic) bond motifs is 1. The maximum atomic E-state index is 13.0. The molecule has 0 bridgehead atoms. The maximum Gasteiger partial charge on any atom is 0.278 e. The number of benzene rings is 2. The number of anilines is 1. The molecule has 1 fully saturated rings. The summed E-state index contributed by atoms with van der Waals surface area (Å²) in [4.78, 5) is 42.5. The van der Waals surface area contributed by atoms with E-state index in [1.54, 1.807) is 6.07 Å². The highest BCUT2D eigenvalue weighted by atomic mass is 16.7. The van der Waals surface area contributed by atoms with Crippen LogP contribution in [0.25, 0.3) is 0 Å². The summed E-state index contributed by atoms with van der Waals surface area (Å²) in [6.45, 7) is 3.77. The molecule has 2 aliphatic rings. The van der Waals surface area contributed by atoms with Gasteiger partial charge >= 0.3 is 0 Å². The summed E-state index contributed by atoms with van der Waals surface area (Å²) in [6, 6.07) is 11.1. The molecular formula is C19H15N3O5. The second-order valence-electron chi connectivity index (χ2n) is 6.59. The van der Waals surface area contributed by atoms with Gasteiger partial charge in [0.25, 0.3) is 11.6 Å². The molecule has 0 spiro atoms. The van der Waals surface area contributed by atoms with Crippen molar-refractivity contribution in [2.45, 2.75) is 20.0 Å². The topological polar surface area (TPSA) is 102 Å². The van der Waals surface area contributed by atoms with Gasteiger partial charge in [-0.15, -0.1) is 0 Å². The van der Waals surface area contributed by atoms with Crippen LogP contribution in [0.2, 0.25) is 0 Å². The van der Waals surface area contributed by atoms with E-state index in [-0.39, 0.29) is 5.69 Å². The molecule has 0 N–H and O–H groups in total. The van der Waals surface area contributed by atoms with E-state index in [9.17, 15) is 19.7 Å². The zero-order chi connectivity index (χ0) is 19.3. The third kappa shape index (κ3) is 2.57. The van der Waals surface area contributed by atoms with Gasteiger partial charge in [0, 0.05) is 17.7 Å². The summed E-state index contributed by atoms with van der Waals surface area (Å²) in [5.41, 5.74) is 3.11. The van der Waals surface area contributed by atoms with Gasteiger partial charge in [0.2, 0.25) is 12.0 Å². The summed E-state index contributed by atoms with van der Waals surface area (Å²) >= 11 is 0. The average Bonchev–Trinajstić information content (AvgIpc) is 3.17. The molecule has 2 atom stereocenters. The molecular weight excluding hydrogens is 350 g/mol. The van der Waals surface area contributed by atoms with Crippen LogP contribution in [0.5, 0.6) is 0 Å². The number of rotatable bonds is 3. The van der Waals surface area contributed by atoms with Gasteiger partial charge in [0.1, 0.15) is 11.6 Å². The largest absolute Gasteiger partial charge is 0.381 e. The number of oxime groups is 1. The number of carbonyl (C=O) groups excluding carboxylic acids is 2. The Morgan fingerprint density at radius 2 is 1.78 bits per heavy atom. The molecule has 1 saturated heterocycles. The van der Waals surface area contributed by atoms with Gasteiger partial charge in [-0.3, -0.25) is 19.7 Å². The van der Waals surface area contributed by atoms with E-state index >= 15 is 0 Å². The van der Waals surface area contributed by atoms with Crippen molar-refractivity contribution in [1.29, 1.82) is 0 Å². The van der Waals surface area contributed by atoms with Crippen molar-refractivity contribution in [1.82, 2.24) is 0 Å². The molecule has 8 nitrogen and oxygen atoms in total. The summed E-state index contributed by atoms with van der Waals surface area (Å²) in [6.07, 6.45) is -1.01. The highest BCUT2D eigenvalue weighted by Gasteiger charge is 2.56. The van der Waals surface area contributed by atoms with Gasteiger partial charge in [-0.1, -0.05) is 22.9 Å². The Morgan fingerprint density at radius 3 is 2.41 bits per heavy atom. The van der Waals surface area contributed by atoms with Crippen LogP contribution >= 0.6 is 0 Å². The van der Waals surface area contributed by atoms with E-state index in [4.69, 9.17) is 4.84 Å². The molecule has 2 amide bonds. The molecule has 27 heavy (non-hydrogen) atoms. The fourth-order valence-corrected chi connectivity index (χ4v) is 3.46. The predicted octanol–water partition coefficient (Wildman–Crippen LogP) is 2.50. The van der Waals surface area contributed by atoms with Crippen LogP contribution in [0.3, 0.4) is 0 Å². The first-order valence-electron chi connectivity index (χ1n) is 8.32. The Morgan fingerprint density at radius 1 is 1.07 bits per heavy atom. The summed E-state index contributed by atoms with van der Waals surface area (Å²) in [5.74, 6) is -1.73. The van der Waals surface area contributed by atoms with Crippen molar-refractivity contribution in [3.05, 3.63) is 69.3 Å². The lowest BCUT2D eigenvalue weighted by Gasteiger charge is -2.18. The fraction of sp³-hybridized carbons (Fsp3) is 0.211. The number of non-ortho nitro benzene ring substituents is 1. The van der Waals surface area contributed by atoms with Gasteiger partial charge in [-0.25, -0.2) is 4.90 Å². The van der Waals surface area contributed by atoms with E-state index in [0.29, 0.717) is 17.0 Å². The molecule has 8 heteroatoms. The lowest BCUT2D eigenvalue weighted by atomic mass is 9.94. The van der Waals surface area contributed by atoms with Crippen LogP contribution in [-0.4, -0.2) is 28.6 Å². The summed E-state index contributed by atoms with van der Waals surface area (Å²) in [5, 5.41) is 14.7. The van der Waals surface area contributed by atoms with Crippen molar-refractivity contribution in [3.63, 3.8) is 0 Å². The van der Waals surface area contributed by atoms with Crippen molar-refractivity contribution < 1.29 is 19.3 Å². The quantitative estimate of drug-likeness (QED) is 0.472. The third-order valence-electron chi connectivity index (χ3n) is 4.78. The van der Waals surface area contributed by atoms with Crippen LogP contribution < -0.4 is 4.90 Å². The van der Waals surface area contributed by atoms with Crippen LogP contribution in [0.4, 0.5) is 11.4 Å². The smallest absolute Gasteiger partial charge is 0.278 e. The minimum atomic E-state index is -1.01. The van der Waals surface area contributed by atoms with Gasteiger partial charge in [0.05, 0.1) is 10.6 Å². The first kappa shape index (κ1) is 16.9. The minimum Gasteiger partial charge on any atom is -0.381 e. The third-order valence-corrected chi connectivity index (χ3v) is 4.78. The van der Waals surface area contributed by atoms with Crippen molar-refractivity contribution in [2.24, 2.45) is 11.1 Å². The van der Waals surface area contributed by atoms with Crippen molar-refractivity contribution in [3.8, 4) is 0 Å². The number of nitro benzene ring substituents is 1. The zero-order valence-electron chi connectivity index (χ0n) is 14.6. The van der Waals surface area contributed by atoms with E-state index in [1.165, 1.54) is 24.3 Å². The molecule has 0 unspecified atom stereocenters. The van der Waals surface area contributed by atoms with Crippen LogP contribution in [0.15, 0.2) is 47.6 Å². The monoisotopic (exact) mass is 365 g/mol. The number of hydrogen-bond donors (Lipinski definition) is 0. The number of amides is 2. The van der Waals surface area contributed by atoms with Crippen LogP contribution in [0, 0.1) is 29.9 Å². The van der Waals surface area contributed by atoms with Gasteiger partial charge in [-0.05, 0) is 37.6 Å². The van der Waals surface area contributed by atoms with Gasteiger partial charge in [-0.2, -0.15) is 0 Å². The molecule has 0 saturated carbocycles. The Kier molecular flexibility index (Phi) is 3.76. The Hall–Kier alpha value is -3.55. The second-order valence-corrected chi connectivity index (χ2v) is 6.59. The van der Waals surface area contributed by atoms with Gasteiger partial charge < -0.3 is 4.84 Å². The maximum absolute atomic E-state index is 13.0. The first-order valence-corrected chi connectivity index (χ1v) is 8.32. The fourth-order valence-electron chi connectivity index (χ4n) is 3.46. The SMILES string of the molecule is Cc1ccc(N2C(=O)[C@@H]3C(c4ccc([N+](=O)[O-])cc4)=NO[C@H]3C2=O)c(C)c1. The normalized spacial score (nSPS) is 21.1. The Labute approximate surface area is 154 Å². The Bertz CT molecular complexity index is 1010. The number of imide groups is 1. The lowest BCUT2D eigenvalue weighted by molar-refractivity contribution is -0.384. The highest BCUT2D eigenvalue weighted by molar-refractivity contribution is 6.32. The van der Waals surface area contributed by atoms with Gasteiger partial charge in [0.15, 0.2) is 0 Å². The molecule has 136 valence electrons. The molecule has 2 aliphatic heterocycles. The molecule has 2 heterocycles. The molecule has 0 aromatic heterocycles. The number of carbonyl (C=O) groups is 2. The lowest BCUT2D eigenvalue weighted by Crippen LogP contribution is -2.33. The molecule has 0 radical (unpaired) electrons. The number of nitrogens with zero attached hydrogens (tertiary/aromatic N) is 3. The summed E-state index contributed by atoms with van der Waals surface area (Å²) in [7, 11) is 0. The minimum absolute atomic E-state index is 0.0689. The average molecular weight is 365 g/mol. The highest BCUT2D eigenvalue weighted by Crippen LogP contribution is 2.36. The second kappa shape index (κ2) is 6.01. The Balaban J connectivity index is 1.68. The van der Waals surface area contributed by atoms with Crippen molar-refractivity contribution in [2.75, 3.05) is 4.90 Å². The number of hydrogen-bond acceptors (Lipinski definition) is 6. The predicted molar refractivity (Wildman–Crippen MR) is 96.4 cm³/mol. The molecule has 0 aliphatic carbocycles. The van der Waals surface area contributed by atoms with Crippen LogP contribution in [0.1, 0.15) is 16.7 Å². The zero-order valence-corrected chi connectivity index (χ0v) is 14.6. The standard InChI is InChI=1S/C19H15N3O5/c1-10-3-8-14(11(2)9-10)21-18(23)15-16(20-27-17(15)19(21)24)12-4-6-13(7-5-12)22(25)26/h3-9,15,17H,1-2H3/t15-,17-/m1/s1. The number of aryl methyl sites for hydroxylation is 2. The van der Waals surface area contributed by atoms with E-state index < -0.39 is 28.8 Å². The molecule has 4 rings (SSSR count). The number of nitro groups is 1. The van der Waals surface area contributed by atoms with Crippen LogP contribution in [-0.2, 0) is 14.4 Å². The van der Waals surface area contributed by atoms with E-state index in [2.05, 4.69) is 5.16 Å². The van der Waals surface area contributed by atoms with E-state index in [0.717, 1.165) is 16.0 Å². The molecule has 2 aromatic carbocycles. The first-order chi connectivity index (χ1) is 12.9. The van der Waals surface area contributed by atoms with E-state index in [1.807, 2.05) is 26.0 Å². The van der Waals surface area contributed by atoms with Crippen molar-refractivity contribution >= 4 is 28.9 Å².